The van der Waals surface area contributed by atoms with Crippen molar-refractivity contribution < 1.29 is 9.53 Å². The Morgan fingerprint density at radius 3 is 2.64 bits per heavy atom. The van der Waals surface area contributed by atoms with Gasteiger partial charge in [0.1, 0.15) is 6.10 Å². The van der Waals surface area contributed by atoms with Gasteiger partial charge in [-0.1, -0.05) is 37.6 Å². The van der Waals surface area contributed by atoms with Crippen molar-refractivity contribution in [2.75, 3.05) is 19.7 Å². The van der Waals surface area contributed by atoms with Crippen LogP contribution in [-0.2, 0) is 9.53 Å². The Morgan fingerprint density at radius 2 is 2.09 bits per heavy atom. The lowest BCUT2D eigenvalue weighted by atomic mass is 9.96. The van der Waals surface area contributed by atoms with E-state index >= 15 is 0 Å². The second-order valence-corrected chi connectivity index (χ2v) is 6.24. The third-order valence-corrected chi connectivity index (χ3v) is 3.77. The fraction of sp³-hybridized carbons (Fsp3) is 0.562. The van der Waals surface area contributed by atoms with Gasteiger partial charge in [-0.05, 0) is 30.0 Å². The van der Waals surface area contributed by atoms with Crippen molar-refractivity contribution in [3.05, 3.63) is 34.9 Å². The SMILES string of the molecule is CC(C)CC(NC(=O)C1CNCCO1)c1ccc(Cl)cc1.Cl. The number of carbonyl (C=O) groups excluding carboxylic acids is 1. The number of amides is 1. The maximum absolute atomic E-state index is 12.3. The predicted octanol–water partition coefficient (Wildman–Crippen LogP) is 2.95. The zero-order valence-electron chi connectivity index (χ0n) is 13.0. The van der Waals surface area contributed by atoms with Gasteiger partial charge in [0.25, 0.3) is 5.91 Å². The lowest BCUT2D eigenvalue weighted by molar-refractivity contribution is -0.135. The van der Waals surface area contributed by atoms with E-state index in [0.29, 0.717) is 24.1 Å². The molecule has 1 amide bonds. The molecule has 2 unspecified atom stereocenters. The largest absolute Gasteiger partial charge is 0.366 e. The summed E-state index contributed by atoms with van der Waals surface area (Å²) < 4.78 is 5.50. The van der Waals surface area contributed by atoms with Crippen LogP contribution < -0.4 is 10.6 Å². The van der Waals surface area contributed by atoms with E-state index in [0.717, 1.165) is 18.5 Å². The molecule has 1 aromatic carbocycles. The fourth-order valence-corrected chi connectivity index (χ4v) is 2.57. The Hall–Kier alpha value is -0.810. The Labute approximate surface area is 143 Å². The molecule has 0 bridgehead atoms. The van der Waals surface area contributed by atoms with Gasteiger partial charge in [0.2, 0.25) is 0 Å². The number of benzene rings is 1. The van der Waals surface area contributed by atoms with Crippen LogP contribution in [-0.4, -0.2) is 31.7 Å². The first-order valence-electron chi connectivity index (χ1n) is 7.44. The number of ether oxygens (including phenoxy) is 1. The first-order chi connectivity index (χ1) is 10.1. The Balaban J connectivity index is 0.00000242. The van der Waals surface area contributed by atoms with Crippen LogP contribution in [0.25, 0.3) is 0 Å². The first-order valence-corrected chi connectivity index (χ1v) is 7.82. The molecule has 0 saturated carbocycles. The Bertz CT molecular complexity index is 460. The van der Waals surface area contributed by atoms with Crippen LogP contribution in [0, 0.1) is 5.92 Å². The van der Waals surface area contributed by atoms with E-state index in [1.54, 1.807) is 0 Å². The minimum Gasteiger partial charge on any atom is -0.366 e. The molecular formula is C16H24Cl2N2O2. The van der Waals surface area contributed by atoms with E-state index in [1.807, 2.05) is 24.3 Å². The van der Waals surface area contributed by atoms with Gasteiger partial charge < -0.3 is 15.4 Å². The molecule has 0 aromatic heterocycles. The van der Waals surface area contributed by atoms with E-state index in [1.165, 1.54) is 0 Å². The average molecular weight is 347 g/mol. The summed E-state index contributed by atoms with van der Waals surface area (Å²) in [6.45, 7) is 6.24. The van der Waals surface area contributed by atoms with Gasteiger partial charge in [-0.3, -0.25) is 4.79 Å². The molecule has 2 rings (SSSR count). The van der Waals surface area contributed by atoms with Gasteiger partial charge >= 0.3 is 0 Å². The molecule has 22 heavy (non-hydrogen) atoms. The molecule has 1 aliphatic heterocycles. The summed E-state index contributed by atoms with van der Waals surface area (Å²) in [5.41, 5.74) is 1.07. The molecule has 4 nitrogen and oxygen atoms in total. The molecular weight excluding hydrogens is 323 g/mol. The number of halogens is 2. The summed E-state index contributed by atoms with van der Waals surface area (Å²) in [6.07, 6.45) is 0.480. The number of carbonyl (C=O) groups is 1. The summed E-state index contributed by atoms with van der Waals surface area (Å²) in [6, 6.07) is 7.63. The Kier molecular flexibility index (Phi) is 8.18. The van der Waals surface area contributed by atoms with Crippen LogP contribution >= 0.6 is 24.0 Å². The van der Waals surface area contributed by atoms with Crippen molar-refractivity contribution in [1.29, 1.82) is 0 Å². The topological polar surface area (TPSA) is 50.4 Å². The summed E-state index contributed by atoms with van der Waals surface area (Å²) >= 11 is 5.93. The maximum atomic E-state index is 12.3. The van der Waals surface area contributed by atoms with Crippen molar-refractivity contribution >= 4 is 29.9 Å². The Morgan fingerprint density at radius 1 is 1.41 bits per heavy atom. The number of hydrogen-bond donors (Lipinski definition) is 2. The van der Waals surface area contributed by atoms with Crippen LogP contribution in [0.3, 0.4) is 0 Å². The van der Waals surface area contributed by atoms with Gasteiger partial charge in [-0.2, -0.15) is 0 Å². The molecule has 0 aliphatic carbocycles. The smallest absolute Gasteiger partial charge is 0.250 e. The van der Waals surface area contributed by atoms with Crippen molar-refractivity contribution in [3.8, 4) is 0 Å². The van der Waals surface area contributed by atoms with Crippen LogP contribution in [0.2, 0.25) is 5.02 Å². The number of hydrogen-bond acceptors (Lipinski definition) is 3. The zero-order valence-corrected chi connectivity index (χ0v) is 14.5. The number of rotatable bonds is 5. The van der Waals surface area contributed by atoms with Crippen LogP contribution in [0.1, 0.15) is 31.9 Å². The summed E-state index contributed by atoms with van der Waals surface area (Å²) in [5.74, 6) is 0.430. The molecule has 1 fully saturated rings. The van der Waals surface area contributed by atoms with E-state index < -0.39 is 6.10 Å². The molecule has 1 saturated heterocycles. The lowest BCUT2D eigenvalue weighted by Crippen LogP contribution is -2.48. The number of morpholine rings is 1. The van der Waals surface area contributed by atoms with Crippen molar-refractivity contribution in [1.82, 2.24) is 10.6 Å². The maximum Gasteiger partial charge on any atom is 0.250 e. The van der Waals surface area contributed by atoms with Crippen LogP contribution in [0.4, 0.5) is 0 Å². The fourth-order valence-electron chi connectivity index (χ4n) is 2.44. The molecule has 6 heteroatoms. The highest BCUT2D eigenvalue weighted by atomic mass is 35.5. The second-order valence-electron chi connectivity index (χ2n) is 5.81. The highest BCUT2D eigenvalue weighted by Gasteiger charge is 2.25. The van der Waals surface area contributed by atoms with E-state index in [-0.39, 0.29) is 24.4 Å². The van der Waals surface area contributed by atoms with E-state index in [2.05, 4.69) is 24.5 Å². The van der Waals surface area contributed by atoms with Gasteiger partial charge in [0, 0.05) is 18.1 Å². The van der Waals surface area contributed by atoms with Gasteiger partial charge in [0.05, 0.1) is 12.6 Å². The molecule has 0 radical (unpaired) electrons. The standard InChI is InChI=1S/C16H23ClN2O2.ClH/c1-11(2)9-14(12-3-5-13(17)6-4-12)19-16(20)15-10-18-7-8-21-15;/h3-6,11,14-15,18H,7-10H2,1-2H3,(H,19,20);1H. The predicted molar refractivity (Wildman–Crippen MR) is 91.6 cm³/mol. The lowest BCUT2D eigenvalue weighted by Gasteiger charge is -2.27. The summed E-state index contributed by atoms with van der Waals surface area (Å²) in [5, 5.41) is 6.98. The average Bonchev–Trinajstić information content (AvgIpc) is 2.48. The molecule has 1 aromatic rings. The normalized spacial score (nSPS) is 19.4. The summed E-state index contributed by atoms with van der Waals surface area (Å²) in [4.78, 5) is 12.3. The minimum absolute atomic E-state index is 0. The third-order valence-electron chi connectivity index (χ3n) is 3.52. The van der Waals surface area contributed by atoms with Gasteiger partial charge in [-0.15, -0.1) is 12.4 Å². The van der Waals surface area contributed by atoms with Crippen molar-refractivity contribution in [3.63, 3.8) is 0 Å². The molecule has 124 valence electrons. The third kappa shape index (κ3) is 5.76. The first kappa shape index (κ1) is 19.2. The molecule has 0 spiro atoms. The highest BCUT2D eigenvalue weighted by molar-refractivity contribution is 6.30. The minimum atomic E-state index is -0.402. The molecule has 1 heterocycles. The van der Waals surface area contributed by atoms with Gasteiger partial charge in [-0.25, -0.2) is 0 Å². The van der Waals surface area contributed by atoms with Crippen molar-refractivity contribution in [2.24, 2.45) is 5.92 Å². The second kappa shape index (κ2) is 9.36. The molecule has 2 atom stereocenters. The zero-order chi connectivity index (χ0) is 15.2. The molecule has 1 aliphatic rings. The van der Waals surface area contributed by atoms with Crippen molar-refractivity contribution in [2.45, 2.75) is 32.4 Å². The van der Waals surface area contributed by atoms with Crippen LogP contribution in [0.15, 0.2) is 24.3 Å². The monoisotopic (exact) mass is 346 g/mol. The quantitative estimate of drug-likeness (QED) is 0.861. The van der Waals surface area contributed by atoms with Crippen LogP contribution in [0.5, 0.6) is 0 Å². The highest BCUT2D eigenvalue weighted by Crippen LogP contribution is 2.23. The molecule has 2 N–H and O–H groups in total. The van der Waals surface area contributed by atoms with E-state index in [4.69, 9.17) is 16.3 Å². The van der Waals surface area contributed by atoms with E-state index in [9.17, 15) is 4.79 Å². The summed E-state index contributed by atoms with van der Waals surface area (Å²) in [7, 11) is 0. The number of nitrogens with one attached hydrogen (secondary N) is 2. The van der Waals surface area contributed by atoms with Gasteiger partial charge in [0.15, 0.2) is 0 Å².